The zero-order valence-electron chi connectivity index (χ0n) is 10.0. The van der Waals surface area contributed by atoms with Crippen molar-refractivity contribution in [1.29, 1.82) is 0 Å². The molecule has 1 rings (SSSR count). The van der Waals surface area contributed by atoms with Gasteiger partial charge in [-0.2, -0.15) is 0 Å². The third-order valence-electron chi connectivity index (χ3n) is 3.31. The summed E-state index contributed by atoms with van der Waals surface area (Å²) in [5, 5.41) is 0. The smallest absolute Gasteiger partial charge is 0.161 e. The maximum absolute atomic E-state index is 11.9. The van der Waals surface area contributed by atoms with E-state index in [-0.39, 0.29) is 12.8 Å². The van der Waals surface area contributed by atoms with Gasteiger partial charge in [-0.3, -0.25) is 24.0 Å². The number of carbonyl (C=O) groups is 5. The largest absolute Gasteiger partial charge is 0.299 e. The van der Waals surface area contributed by atoms with E-state index in [0.29, 0.717) is 0 Å². The molecule has 0 heterocycles. The van der Waals surface area contributed by atoms with Crippen LogP contribution in [-0.4, -0.2) is 28.9 Å². The summed E-state index contributed by atoms with van der Waals surface area (Å²) in [7, 11) is 0. The van der Waals surface area contributed by atoms with Gasteiger partial charge in [-0.25, -0.2) is 0 Å². The van der Waals surface area contributed by atoms with Crippen LogP contribution in [0, 0.1) is 11.3 Å². The van der Waals surface area contributed by atoms with E-state index in [1.54, 1.807) is 0 Å². The fourth-order valence-corrected chi connectivity index (χ4v) is 2.56. The second-order valence-electron chi connectivity index (χ2n) is 4.35. The minimum Gasteiger partial charge on any atom is -0.299 e. The summed E-state index contributed by atoms with van der Waals surface area (Å²) in [5.74, 6) is -4.58. The molecule has 0 aliphatic heterocycles. The maximum atomic E-state index is 11.9. The minimum absolute atomic E-state index is 0.0780. The molecule has 17 heavy (non-hydrogen) atoms. The average Bonchev–Trinajstić information content (AvgIpc) is 2.19. The molecule has 0 amide bonds. The number of ketones is 5. The van der Waals surface area contributed by atoms with Crippen LogP contribution in [-0.2, 0) is 24.0 Å². The summed E-state index contributed by atoms with van der Waals surface area (Å²) in [6, 6.07) is 0. The summed E-state index contributed by atoms with van der Waals surface area (Å²) in [6.07, 6.45) is -0.229. The lowest BCUT2D eigenvalue weighted by Crippen LogP contribution is -2.57. The predicted molar refractivity (Wildman–Crippen MR) is 57.2 cm³/mol. The molecule has 1 aliphatic rings. The summed E-state index contributed by atoms with van der Waals surface area (Å²) in [5.41, 5.74) is -2.07. The number of rotatable bonds is 3. The van der Waals surface area contributed by atoms with E-state index in [1.165, 1.54) is 0 Å². The van der Waals surface area contributed by atoms with Gasteiger partial charge in [0.1, 0.15) is 17.5 Å². The third kappa shape index (κ3) is 1.75. The SMILES string of the molecule is CC(=O)C1C(=O)CCC(=O)C1(C(C)=O)C(C)=O. The summed E-state index contributed by atoms with van der Waals surface area (Å²) in [4.78, 5) is 58.5. The van der Waals surface area contributed by atoms with E-state index in [0.717, 1.165) is 20.8 Å². The van der Waals surface area contributed by atoms with Crippen molar-refractivity contribution in [3.8, 4) is 0 Å². The van der Waals surface area contributed by atoms with Crippen molar-refractivity contribution >= 4 is 28.9 Å². The molecule has 5 nitrogen and oxygen atoms in total. The van der Waals surface area contributed by atoms with Crippen molar-refractivity contribution in [3.05, 3.63) is 0 Å². The van der Waals surface area contributed by atoms with E-state index < -0.39 is 40.2 Å². The highest BCUT2D eigenvalue weighted by molar-refractivity contribution is 6.31. The van der Waals surface area contributed by atoms with Gasteiger partial charge in [-0.15, -0.1) is 0 Å². The zero-order chi connectivity index (χ0) is 13.4. The van der Waals surface area contributed by atoms with Crippen LogP contribution in [0.5, 0.6) is 0 Å². The molecule has 0 saturated heterocycles. The van der Waals surface area contributed by atoms with Crippen LogP contribution in [0.3, 0.4) is 0 Å². The molecule has 1 aliphatic carbocycles. The molecule has 0 N–H and O–H groups in total. The van der Waals surface area contributed by atoms with Crippen LogP contribution in [0.15, 0.2) is 0 Å². The van der Waals surface area contributed by atoms with Gasteiger partial charge in [0.15, 0.2) is 22.8 Å². The molecule has 1 atom stereocenters. The van der Waals surface area contributed by atoms with Gasteiger partial charge in [0.25, 0.3) is 0 Å². The third-order valence-corrected chi connectivity index (χ3v) is 3.31. The lowest BCUT2D eigenvalue weighted by Gasteiger charge is -2.36. The van der Waals surface area contributed by atoms with Crippen molar-refractivity contribution in [2.75, 3.05) is 0 Å². The van der Waals surface area contributed by atoms with Crippen molar-refractivity contribution in [3.63, 3.8) is 0 Å². The average molecular weight is 238 g/mol. The fourth-order valence-electron chi connectivity index (χ4n) is 2.56. The van der Waals surface area contributed by atoms with Crippen molar-refractivity contribution < 1.29 is 24.0 Å². The number of Topliss-reactive ketones (excluding diaryl/α,β-unsaturated/α-hetero) is 5. The topological polar surface area (TPSA) is 85.3 Å². The first-order chi connectivity index (χ1) is 7.76. The molecule has 1 fully saturated rings. The summed E-state index contributed by atoms with van der Waals surface area (Å²) < 4.78 is 0. The Balaban J connectivity index is 3.52. The Morgan fingerprint density at radius 2 is 1.47 bits per heavy atom. The Hall–Kier alpha value is -1.65. The van der Waals surface area contributed by atoms with E-state index in [9.17, 15) is 24.0 Å². The summed E-state index contributed by atoms with van der Waals surface area (Å²) in [6.45, 7) is 3.28. The molecular weight excluding hydrogens is 224 g/mol. The van der Waals surface area contributed by atoms with E-state index >= 15 is 0 Å². The molecule has 1 unspecified atom stereocenters. The van der Waals surface area contributed by atoms with Gasteiger partial charge in [-0.05, 0) is 20.8 Å². The first kappa shape index (κ1) is 13.4. The zero-order valence-corrected chi connectivity index (χ0v) is 10.0. The molecule has 0 spiro atoms. The lowest BCUT2D eigenvalue weighted by atomic mass is 9.59. The molecule has 0 aromatic heterocycles. The van der Waals surface area contributed by atoms with E-state index in [1.807, 2.05) is 0 Å². The molecule has 92 valence electrons. The Bertz CT molecular complexity index is 418. The molecule has 0 radical (unpaired) electrons. The standard InChI is InChI=1S/C12H14O5/c1-6(13)11-9(16)4-5-10(17)12(11,7(2)14)8(3)15/h11H,4-5H2,1-3H3. The van der Waals surface area contributed by atoms with Crippen molar-refractivity contribution in [2.24, 2.45) is 11.3 Å². The van der Waals surface area contributed by atoms with Crippen molar-refractivity contribution in [2.45, 2.75) is 33.6 Å². The van der Waals surface area contributed by atoms with Crippen LogP contribution in [0.2, 0.25) is 0 Å². The monoisotopic (exact) mass is 238 g/mol. The first-order valence-electron chi connectivity index (χ1n) is 5.34. The molecule has 0 aromatic rings. The maximum Gasteiger partial charge on any atom is 0.161 e. The van der Waals surface area contributed by atoms with Crippen LogP contribution in [0.25, 0.3) is 0 Å². The predicted octanol–water partition coefficient (Wildman–Crippen LogP) is 0.288. The van der Waals surface area contributed by atoms with Crippen LogP contribution in [0.1, 0.15) is 33.6 Å². The fraction of sp³-hybridized carbons (Fsp3) is 0.583. The van der Waals surface area contributed by atoms with E-state index in [2.05, 4.69) is 0 Å². The van der Waals surface area contributed by atoms with Crippen molar-refractivity contribution in [1.82, 2.24) is 0 Å². The molecule has 1 saturated carbocycles. The highest BCUT2D eigenvalue weighted by Crippen LogP contribution is 2.39. The lowest BCUT2D eigenvalue weighted by molar-refractivity contribution is -0.162. The van der Waals surface area contributed by atoms with Crippen LogP contribution < -0.4 is 0 Å². The summed E-state index contributed by atoms with van der Waals surface area (Å²) >= 11 is 0. The molecule has 0 aromatic carbocycles. The second kappa shape index (κ2) is 4.31. The van der Waals surface area contributed by atoms with Crippen LogP contribution >= 0.6 is 0 Å². The molecule has 0 bridgehead atoms. The highest BCUT2D eigenvalue weighted by Gasteiger charge is 2.59. The molecular formula is C12H14O5. The minimum atomic E-state index is -2.07. The molecule has 5 heteroatoms. The van der Waals surface area contributed by atoms with Gasteiger partial charge in [0.05, 0.1) is 0 Å². The Kier molecular flexibility index (Phi) is 3.40. The van der Waals surface area contributed by atoms with Gasteiger partial charge >= 0.3 is 0 Å². The first-order valence-corrected chi connectivity index (χ1v) is 5.34. The quantitative estimate of drug-likeness (QED) is 0.659. The normalized spacial score (nSPS) is 23.4. The van der Waals surface area contributed by atoms with Crippen LogP contribution in [0.4, 0.5) is 0 Å². The second-order valence-corrected chi connectivity index (χ2v) is 4.35. The van der Waals surface area contributed by atoms with Gasteiger partial charge in [0, 0.05) is 12.8 Å². The Morgan fingerprint density at radius 3 is 1.76 bits per heavy atom. The number of hydrogen-bond donors (Lipinski definition) is 0. The van der Waals surface area contributed by atoms with E-state index in [4.69, 9.17) is 0 Å². The van der Waals surface area contributed by atoms with Gasteiger partial charge in [0.2, 0.25) is 0 Å². The highest BCUT2D eigenvalue weighted by atomic mass is 16.2. The Morgan fingerprint density at radius 1 is 1.00 bits per heavy atom. The Labute approximate surface area is 98.6 Å². The van der Waals surface area contributed by atoms with Gasteiger partial charge in [-0.1, -0.05) is 0 Å². The number of hydrogen-bond acceptors (Lipinski definition) is 5. The van der Waals surface area contributed by atoms with Gasteiger partial charge < -0.3 is 0 Å². The number of carbonyl (C=O) groups excluding carboxylic acids is 5.